The number of nitrogens with zero attached hydrogens (tertiary/aromatic N) is 1. The largest absolute Gasteiger partial charge is 0.277 e. The molecule has 3 nitrogen and oxygen atoms in total. The fourth-order valence-corrected chi connectivity index (χ4v) is 1.68. The summed E-state index contributed by atoms with van der Waals surface area (Å²) in [4.78, 5) is 24.0. The summed E-state index contributed by atoms with van der Waals surface area (Å²) in [6.45, 7) is 0. The first kappa shape index (κ1) is 9.49. The van der Waals surface area contributed by atoms with Gasteiger partial charge in [0, 0.05) is 7.05 Å². The highest BCUT2D eigenvalue weighted by Gasteiger charge is 2.33. The number of hydrogen-bond acceptors (Lipinski definition) is 2. The molecule has 1 aromatic rings. The Labute approximate surface area is 90.2 Å². The average molecular weight is 230 g/mol. The Balaban J connectivity index is 2.71. The molecule has 0 saturated heterocycles. The minimum atomic E-state index is -0.344. The van der Waals surface area contributed by atoms with Crippen LogP contribution in [0.25, 0.3) is 0 Å². The Kier molecular flexibility index (Phi) is 2.01. The number of hydrogen-bond donors (Lipinski definition) is 0. The summed E-state index contributed by atoms with van der Waals surface area (Å²) in [5, 5.41) is 0.559. The van der Waals surface area contributed by atoms with Crippen molar-refractivity contribution < 1.29 is 9.59 Å². The SMILES string of the molecule is CN1C(=O)c2cc(Cl)c(Cl)cc2C1=O. The Bertz CT molecular complexity index is 415. The molecule has 0 N–H and O–H groups in total. The Morgan fingerprint density at radius 2 is 1.36 bits per heavy atom. The van der Waals surface area contributed by atoms with Gasteiger partial charge in [0.1, 0.15) is 0 Å². The predicted molar refractivity (Wildman–Crippen MR) is 52.9 cm³/mol. The monoisotopic (exact) mass is 229 g/mol. The van der Waals surface area contributed by atoms with Crippen LogP contribution in [0.3, 0.4) is 0 Å². The van der Waals surface area contributed by atoms with Crippen molar-refractivity contribution in [2.75, 3.05) is 7.05 Å². The van der Waals surface area contributed by atoms with E-state index in [-0.39, 0.29) is 21.9 Å². The van der Waals surface area contributed by atoms with Crippen LogP contribution in [0.1, 0.15) is 20.7 Å². The summed E-state index contributed by atoms with van der Waals surface area (Å²) in [6.07, 6.45) is 0. The van der Waals surface area contributed by atoms with Gasteiger partial charge in [-0.05, 0) is 12.1 Å². The number of fused-ring (bicyclic) bond motifs is 1. The fraction of sp³-hybridized carbons (Fsp3) is 0.111. The van der Waals surface area contributed by atoms with Gasteiger partial charge in [0.05, 0.1) is 21.2 Å². The molecule has 1 aliphatic rings. The molecule has 0 spiro atoms. The van der Waals surface area contributed by atoms with Crippen molar-refractivity contribution in [2.45, 2.75) is 0 Å². The molecule has 1 heterocycles. The molecule has 14 heavy (non-hydrogen) atoms. The second-order valence-electron chi connectivity index (χ2n) is 2.98. The van der Waals surface area contributed by atoms with E-state index in [1.807, 2.05) is 0 Å². The smallest absolute Gasteiger partial charge is 0.261 e. The molecule has 5 heteroatoms. The summed E-state index contributed by atoms with van der Waals surface area (Å²) in [5.74, 6) is -0.688. The molecule has 2 amide bonds. The van der Waals surface area contributed by atoms with Crippen LogP contribution < -0.4 is 0 Å². The Morgan fingerprint density at radius 1 is 1.00 bits per heavy atom. The van der Waals surface area contributed by atoms with E-state index in [1.54, 1.807) is 0 Å². The van der Waals surface area contributed by atoms with Crippen molar-refractivity contribution >= 4 is 35.0 Å². The first-order valence-corrected chi connectivity index (χ1v) is 4.59. The molecule has 0 aliphatic carbocycles. The topological polar surface area (TPSA) is 37.4 Å². The van der Waals surface area contributed by atoms with Gasteiger partial charge >= 0.3 is 0 Å². The van der Waals surface area contributed by atoms with E-state index in [2.05, 4.69) is 0 Å². The van der Waals surface area contributed by atoms with Crippen LogP contribution in [0, 0.1) is 0 Å². The van der Waals surface area contributed by atoms with E-state index in [4.69, 9.17) is 23.2 Å². The molecule has 0 saturated carbocycles. The Morgan fingerprint density at radius 3 is 1.71 bits per heavy atom. The summed E-state index contributed by atoms with van der Waals surface area (Å²) < 4.78 is 0. The van der Waals surface area contributed by atoms with Crippen molar-refractivity contribution in [3.05, 3.63) is 33.3 Å². The summed E-state index contributed by atoms with van der Waals surface area (Å²) >= 11 is 11.5. The van der Waals surface area contributed by atoms with E-state index in [9.17, 15) is 9.59 Å². The second-order valence-corrected chi connectivity index (χ2v) is 3.80. The van der Waals surface area contributed by atoms with Crippen molar-refractivity contribution in [3.63, 3.8) is 0 Å². The van der Waals surface area contributed by atoms with Crippen LogP contribution >= 0.6 is 23.2 Å². The quantitative estimate of drug-likeness (QED) is 0.640. The van der Waals surface area contributed by atoms with Crippen LogP contribution in [-0.2, 0) is 0 Å². The number of carbonyl (C=O) groups is 2. The van der Waals surface area contributed by atoms with E-state index < -0.39 is 0 Å². The molecule has 2 rings (SSSR count). The minimum Gasteiger partial charge on any atom is -0.277 e. The maximum atomic E-state index is 11.5. The first-order chi connectivity index (χ1) is 6.52. The minimum absolute atomic E-state index is 0.280. The summed E-state index contributed by atoms with van der Waals surface area (Å²) in [5.41, 5.74) is 0.624. The van der Waals surface area contributed by atoms with Crippen LogP contribution in [0.15, 0.2) is 12.1 Å². The van der Waals surface area contributed by atoms with Gasteiger partial charge in [-0.25, -0.2) is 0 Å². The molecule has 0 fully saturated rings. The molecule has 0 atom stereocenters. The zero-order valence-corrected chi connectivity index (χ0v) is 8.69. The highest BCUT2D eigenvalue weighted by Crippen LogP contribution is 2.30. The highest BCUT2D eigenvalue weighted by atomic mass is 35.5. The molecule has 1 aromatic carbocycles. The molecule has 72 valence electrons. The van der Waals surface area contributed by atoms with Gasteiger partial charge in [-0.1, -0.05) is 23.2 Å². The van der Waals surface area contributed by atoms with Gasteiger partial charge in [-0.15, -0.1) is 0 Å². The van der Waals surface area contributed by atoms with Crippen LogP contribution in [0.2, 0.25) is 10.0 Å². The first-order valence-electron chi connectivity index (χ1n) is 3.84. The number of amides is 2. The van der Waals surface area contributed by atoms with Gasteiger partial charge in [-0.3, -0.25) is 14.5 Å². The zero-order chi connectivity index (χ0) is 10.5. The predicted octanol–water partition coefficient (Wildman–Crippen LogP) is 2.22. The van der Waals surface area contributed by atoms with Crippen molar-refractivity contribution in [2.24, 2.45) is 0 Å². The van der Waals surface area contributed by atoms with Crippen LogP contribution in [0.4, 0.5) is 0 Å². The molecule has 0 aromatic heterocycles. The molecule has 0 bridgehead atoms. The van der Waals surface area contributed by atoms with Crippen molar-refractivity contribution in [1.29, 1.82) is 0 Å². The van der Waals surface area contributed by atoms with Crippen LogP contribution in [0.5, 0.6) is 0 Å². The average Bonchev–Trinajstić information content (AvgIpc) is 2.34. The molecular formula is C9H5Cl2NO2. The highest BCUT2D eigenvalue weighted by molar-refractivity contribution is 6.43. The number of carbonyl (C=O) groups excluding carboxylic acids is 2. The fourth-order valence-electron chi connectivity index (χ4n) is 1.35. The Hall–Kier alpha value is -1.06. The number of rotatable bonds is 0. The summed E-state index contributed by atoms with van der Waals surface area (Å²) in [6, 6.07) is 2.84. The molecule has 1 aliphatic heterocycles. The van der Waals surface area contributed by atoms with E-state index in [0.717, 1.165) is 4.90 Å². The lowest BCUT2D eigenvalue weighted by Crippen LogP contribution is -2.24. The molecular weight excluding hydrogens is 225 g/mol. The van der Waals surface area contributed by atoms with Crippen molar-refractivity contribution in [1.82, 2.24) is 4.90 Å². The van der Waals surface area contributed by atoms with Crippen molar-refractivity contribution in [3.8, 4) is 0 Å². The number of imide groups is 1. The van der Waals surface area contributed by atoms with Gasteiger partial charge in [-0.2, -0.15) is 0 Å². The summed E-state index contributed by atoms with van der Waals surface area (Å²) in [7, 11) is 1.42. The van der Waals surface area contributed by atoms with E-state index in [1.165, 1.54) is 19.2 Å². The van der Waals surface area contributed by atoms with Crippen LogP contribution in [-0.4, -0.2) is 23.8 Å². The van der Waals surface area contributed by atoms with Gasteiger partial charge in [0.2, 0.25) is 0 Å². The zero-order valence-electron chi connectivity index (χ0n) is 7.17. The van der Waals surface area contributed by atoms with Gasteiger partial charge in [0.15, 0.2) is 0 Å². The lowest BCUT2D eigenvalue weighted by Gasteiger charge is -2.02. The van der Waals surface area contributed by atoms with Gasteiger partial charge in [0.25, 0.3) is 11.8 Å². The normalized spacial score (nSPS) is 14.9. The second kappa shape index (κ2) is 2.97. The number of halogens is 2. The molecule has 0 unspecified atom stereocenters. The third-order valence-electron chi connectivity index (χ3n) is 2.13. The maximum Gasteiger partial charge on any atom is 0.261 e. The number of benzene rings is 1. The lowest BCUT2D eigenvalue weighted by molar-refractivity contribution is 0.0693. The van der Waals surface area contributed by atoms with E-state index >= 15 is 0 Å². The van der Waals surface area contributed by atoms with Gasteiger partial charge < -0.3 is 0 Å². The third-order valence-corrected chi connectivity index (χ3v) is 2.85. The van der Waals surface area contributed by atoms with E-state index in [0.29, 0.717) is 11.1 Å². The maximum absolute atomic E-state index is 11.5. The third kappa shape index (κ3) is 1.13. The standard InChI is InChI=1S/C9H5Cl2NO2/c1-12-8(13)4-2-6(10)7(11)3-5(4)9(12)14/h2-3H,1H3. The lowest BCUT2D eigenvalue weighted by atomic mass is 10.1. The molecule has 0 radical (unpaired) electrons.